The van der Waals surface area contributed by atoms with Crippen molar-refractivity contribution in [2.45, 2.75) is 18.7 Å². The summed E-state index contributed by atoms with van der Waals surface area (Å²) >= 11 is 1.54. The van der Waals surface area contributed by atoms with Crippen molar-refractivity contribution < 1.29 is 4.79 Å². The van der Waals surface area contributed by atoms with Crippen molar-refractivity contribution >= 4 is 17.7 Å². The SMILES string of the molecule is CSC(C)C(=O)NCc1cccnc1. The molecule has 0 bridgehead atoms. The molecule has 1 atom stereocenters. The van der Waals surface area contributed by atoms with Crippen LogP contribution in [0.25, 0.3) is 0 Å². The van der Waals surface area contributed by atoms with Gasteiger partial charge in [0, 0.05) is 18.9 Å². The summed E-state index contributed by atoms with van der Waals surface area (Å²) < 4.78 is 0. The molecule has 1 N–H and O–H groups in total. The summed E-state index contributed by atoms with van der Waals surface area (Å²) in [5.41, 5.74) is 1.02. The van der Waals surface area contributed by atoms with Crippen LogP contribution in [-0.4, -0.2) is 22.4 Å². The van der Waals surface area contributed by atoms with Crippen LogP contribution in [0.3, 0.4) is 0 Å². The number of thioether (sulfide) groups is 1. The number of nitrogens with one attached hydrogen (secondary N) is 1. The molecule has 1 heterocycles. The molecule has 14 heavy (non-hydrogen) atoms. The van der Waals surface area contributed by atoms with Gasteiger partial charge in [-0.05, 0) is 24.8 Å². The Kier molecular flexibility index (Phi) is 4.46. The van der Waals surface area contributed by atoms with E-state index in [2.05, 4.69) is 10.3 Å². The lowest BCUT2D eigenvalue weighted by Gasteiger charge is -2.08. The fraction of sp³-hybridized carbons (Fsp3) is 0.400. The monoisotopic (exact) mass is 210 g/mol. The van der Waals surface area contributed by atoms with E-state index in [1.807, 2.05) is 25.3 Å². The molecule has 4 heteroatoms. The highest BCUT2D eigenvalue weighted by atomic mass is 32.2. The molecule has 0 radical (unpaired) electrons. The fourth-order valence-corrected chi connectivity index (χ4v) is 1.24. The van der Waals surface area contributed by atoms with Gasteiger partial charge in [-0.1, -0.05) is 6.07 Å². The van der Waals surface area contributed by atoms with Crippen LogP contribution in [0.1, 0.15) is 12.5 Å². The summed E-state index contributed by atoms with van der Waals surface area (Å²) in [5, 5.41) is 2.86. The van der Waals surface area contributed by atoms with Gasteiger partial charge in [0.2, 0.25) is 5.91 Å². The van der Waals surface area contributed by atoms with Gasteiger partial charge >= 0.3 is 0 Å². The standard InChI is InChI=1S/C10H14N2OS/c1-8(14-2)10(13)12-7-9-4-3-5-11-6-9/h3-6,8H,7H2,1-2H3,(H,12,13). The average Bonchev–Trinajstić information content (AvgIpc) is 2.26. The molecule has 1 rings (SSSR count). The summed E-state index contributed by atoms with van der Waals surface area (Å²) in [6.45, 7) is 2.45. The Balaban J connectivity index is 2.38. The van der Waals surface area contributed by atoms with Crippen molar-refractivity contribution in [3.05, 3.63) is 30.1 Å². The maximum atomic E-state index is 11.4. The van der Waals surface area contributed by atoms with E-state index in [-0.39, 0.29) is 11.2 Å². The second kappa shape index (κ2) is 5.65. The Labute approximate surface area is 88.3 Å². The molecule has 0 fully saturated rings. The highest BCUT2D eigenvalue weighted by Crippen LogP contribution is 2.04. The van der Waals surface area contributed by atoms with Crippen molar-refractivity contribution in [2.75, 3.05) is 6.26 Å². The third-order valence-electron chi connectivity index (χ3n) is 1.91. The lowest BCUT2D eigenvalue weighted by Crippen LogP contribution is -2.30. The van der Waals surface area contributed by atoms with Gasteiger partial charge in [-0.3, -0.25) is 9.78 Å². The Morgan fingerprint density at radius 3 is 3.07 bits per heavy atom. The molecular weight excluding hydrogens is 196 g/mol. The number of hydrogen-bond acceptors (Lipinski definition) is 3. The first-order valence-corrected chi connectivity index (χ1v) is 5.72. The van der Waals surface area contributed by atoms with E-state index in [9.17, 15) is 4.79 Å². The van der Waals surface area contributed by atoms with Gasteiger partial charge in [0.15, 0.2) is 0 Å². The second-order valence-electron chi connectivity index (χ2n) is 2.96. The van der Waals surface area contributed by atoms with Crippen molar-refractivity contribution in [3.63, 3.8) is 0 Å². The maximum Gasteiger partial charge on any atom is 0.233 e. The highest BCUT2D eigenvalue weighted by Gasteiger charge is 2.09. The van der Waals surface area contributed by atoms with Crippen LogP contribution >= 0.6 is 11.8 Å². The van der Waals surface area contributed by atoms with Gasteiger partial charge in [0.05, 0.1) is 5.25 Å². The number of amides is 1. The molecule has 76 valence electrons. The fourth-order valence-electron chi connectivity index (χ4n) is 0.943. The van der Waals surface area contributed by atoms with Gasteiger partial charge in [-0.15, -0.1) is 0 Å². The molecule has 0 saturated carbocycles. The Bertz CT molecular complexity index is 289. The van der Waals surface area contributed by atoms with Gasteiger partial charge < -0.3 is 5.32 Å². The van der Waals surface area contributed by atoms with Crippen LogP contribution in [0.2, 0.25) is 0 Å². The Morgan fingerprint density at radius 1 is 1.71 bits per heavy atom. The zero-order valence-corrected chi connectivity index (χ0v) is 9.17. The quantitative estimate of drug-likeness (QED) is 0.818. The number of pyridine rings is 1. The van der Waals surface area contributed by atoms with Crippen LogP contribution in [0, 0.1) is 0 Å². The predicted octanol–water partition coefficient (Wildman–Crippen LogP) is 1.45. The van der Waals surface area contributed by atoms with Crippen LogP contribution < -0.4 is 5.32 Å². The minimum Gasteiger partial charge on any atom is -0.351 e. The van der Waals surface area contributed by atoms with Gasteiger partial charge in [0.1, 0.15) is 0 Å². The maximum absolute atomic E-state index is 11.4. The molecule has 0 aliphatic heterocycles. The molecule has 0 aliphatic rings. The molecule has 1 aromatic heterocycles. The minimum atomic E-state index is 0.00618. The van der Waals surface area contributed by atoms with E-state index in [4.69, 9.17) is 0 Å². The third-order valence-corrected chi connectivity index (χ3v) is 2.83. The van der Waals surface area contributed by atoms with E-state index in [0.29, 0.717) is 6.54 Å². The van der Waals surface area contributed by atoms with E-state index < -0.39 is 0 Å². The molecule has 3 nitrogen and oxygen atoms in total. The molecular formula is C10H14N2OS. The van der Waals surface area contributed by atoms with Gasteiger partial charge in [-0.2, -0.15) is 11.8 Å². The summed E-state index contributed by atoms with van der Waals surface area (Å²) in [6.07, 6.45) is 5.40. The number of carbonyl (C=O) groups excluding carboxylic acids is 1. The molecule has 1 unspecified atom stereocenters. The lowest BCUT2D eigenvalue weighted by molar-refractivity contribution is -0.120. The van der Waals surface area contributed by atoms with E-state index in [1.165, 1.54) is 0 Å². The third kappa shape index (κ3) is 3.38. The molecule has 0 aromatic carbocycles. The van der Waals surface area contributed by atoms with Crippen LogP contribution in [0.4, 0.5) is 0 Å². The number of rotatable bonds is 4. The number of hydrogen-bond donors (Lipinski definition) is 1. The van der Waals surface area contributed by atoms with Crippen molar-refractivity contribution in [1.29, 1.82) is 0 Å². The predicted molar refractivity (Wildman–Crippen MR) is 59.1 cm³/mol. The Morgan fingerprint density at radius 2 is 2.50 bits per heavy atom. The van der Waals surface area contributed by atoms with Crippen LogP contribution in [0.15, 0.2) is 24.5 Å². The number of aromatic nitrogens is 1. The zero-order valence-electron chi connectivity index (χ0n) is 8.36. The van der Waals surface area contributed by atoms with Crippen LogP contribution in [0.5, 0.6) is 0 Å². The zero-order chi connectivity index (χ0) is 10.4. The van der Waals surface area contributed by atoms with E-state index in [0.717, 1.165) is 5.56 Å². The number of nitrogens with zero attached hydrogens (tertiary/aromatic N) is 1. The molecule has 1 amide bonds. The first-order chi connectivity index (χ1) is 6.74. The largest absolute Gasteiger partial charge is 0.351 e. The van der Waals surface area contributed by atoms with Gasteiger partial charge in [-0.25, -0.2) is 0 Å². The summed E-state index contributed by atoms with van der Waals surface area (Å²) in [5.74, 6) is 0.0707. The first-order valence-electron chi connectivity index (χ1n) is 4.43. The Hall–Kier alpha value is -1.03. The minimum absolute atomic E-state index is 0.00618. The molecule has 0 aliphatic carbocycles. The topological polar surface area (TPSA) is 42.0 Å². The van der Waals surface area contributed by atoms with E-state index in [1.54, 1.807) is 24.2 Å². The van der Waals surface area contributed by atoms with E-state index >= 15 is 0 Å². The molecule has 1 aromatic rings. The van der Waals surface area contributed by atoms with Crippen molar-refractivity contribution in [1.82, 2.24) is 10.3 Å². The van der Waals surface area contributed by atoms with Crippen LogP contribution in [-0.2, 0) is 11.3 Å². The molecule has 0 saturated heterocycles. The normalized spacial score (nSPS) is 12.1. The molecule has 0 spiro atoms. The number of carbonyl (C=O) groups is 1. The van der Waals surface area contributed by atoms with Gasteiger partial charge in [0.25, 0.3) is 0 Å². The second-order valence-corrected chi connectivity index (χ2v) is 4.14. The lowest BCUT2D eigenvalue weighted by atomic mass is 10.3. The summed E-state index contributed by atoms with van der Waals surface area (Å²) in [6, 6.07) is 3.80. The average molecular weight is 210 g/mol. The summed E-state index contributed by atoms with van der Waals surface area (Å²) in [4.78, 5) is 15.4. The summed E-state index contributed by atoms with van der Waals surface area (Å²) in [7, 11) is 0. The first kappa shape index (κ1) is 11.0. The van der Waals surface area contributed by atoms with Crippen molar-refractivity contribution in [3.8, 4) is 0 Å². The smallest absolute Gasteiger partial charge is 0.233 e. The highest BCUT2D eigenvalue weighted by molar-refractivity contribution is 7.99. The van der Waals surface area contributed by atoms with Crippen molar-refractivity contribution in [2.24, 2.45) is 0 Å².